The molecular weight excluding hydrogens is 284 g/mol. The number of morpholine rings is 1. The Kier molecular flexibility index (Phi) is 6.21. The fourth-order valence-electron chi connectivity index (χ4n) is 2.44. The van der Waals surface area contributed by atoms with Crippen molar-refractivity contribution in [2.24, 2.45) is 0 Å². The highest BCUT2D eigenvalue weighted by Crippen LogP contribution is 2.12. The summed E-state index contributed by atoms with van der Waals surface area (Å²) in [6, 6.07) is 9.97. The number of urea groups is 1. The lowest BCUT2D eigenvalue weighted by atomic mass is 10.1. The molecule has 0 radical (unpaired) electrons. The number of carboxylic acids is 1. The lowest BCUT2D eigenvalue weighted by Gasteiger charge is -2.33. The normalized spacial score (nSPS) is 18.0. The van der Waals surface area contributed by atoms with Gasteiger partial charge in [-0.2, -0.15) is 0 Å². The number of carboxylic acid groups (broad SMARTS) is 1. The molecule has 0 aliphatic carbocycles. The number of hydrogen-bond acceptors (Lipinski definition) is 3. The van der Waals surface area contributed by atoms with Gasteiger partial charge in [0, 0.05) is 19.6 Å². The number of ether oxygens (including phenoxy) is 1. The van der Waals surface area contributed by atoms with E-state index in [1.54, 1.807) is 4.90 Å². The minimum Gasteiger partial charge on any atom is -0.481 e. The average molecular weight is 306 g/mol. The van der Waals surface area contributed by atoms with Gasteiger partial charge < -0.3 is 20.1 Å². The molecule has 22 heavy (non-hydrogen) atoms. The SMILES string of the molecule is O=C(O)CCNC(=O)N1CCOC(CCc2ccccc2)C1. The summed E-state index contributed by atoms with van der Waals surface area (Å²) < 4.78 is 5.71. The van der Waals surface area contributed by atoms with Gasteiger partial charge in [-0.3, -0.25) is 4.79 Å². The lowest BCUT2D eigenvalue weighted by Crippen LogP contribution is -2.50. The van der Waals surface area contributed by atoms with E-state index in [1.807, 2.05) is 18.2 Å². The Balaban J connectivity index is 1.74. The van der Waals surface area contributed by atoms with E-state index in [0.29, 0.717) is 19.7 Å². The Hall–Kier alpha value is -2.08. The highest BCUT2D eigenvalue weighted by Gasteiger charge is 2.23. The van der Waals surface area contributed by atoms with E-state index in [2.05, 4.69) is 17.4 Å². The molecule has 6 heteroatoms. The number of carbonyl (C=O) groups excluding carboxylic acids is 1. The number of amides is 2. The topological polar surface area (TPSA) is 78.9 Å². The smallest absolute Gasteiger partial charge is 0.317 e. The van der Waals surface area contributed by atoms with Gasteiger partial charge in [-0.1, -0.05) is 30.3 Å². The molecule has 1 aromatic carbocycles. The number of aryl methyl sites for hydroxylation is 1. The first-order valence-electron chi connectivity index (χ1n) is 7.55. The van der Waals surface area contributed by atoms with E-state index < -0.39 is 5.97 Å². The summed E-state index contributed by atoms with van der Waals surface area (Å²) in [5.74, 6) is -0.914. The van der Waals surface area contributed by atoms with Gasteiger partial charge in [0.1, 0.15) is 0 Å². The second-order valence-corrected chi connectivity index (χ2v) is 5.34. The third-order valence-corrected chi connectivity index (χ3v) is 3.64. The number of nitrogens with zero attached hydrogens (tertiary/aromatic N) is 1. The minimum atomic E-state index is -0.914. The first kappa shape index (κ1) is 16.3. The van der Waals surface area contributed by atoms with Crippen molar-refractivity contribution in [2.75, 3.05) is 26.2 Å². The molecule has 0 spiro atoms. The zero-order valence-electron chi connectivity index (χ0n) is 12.5. The van der Waals surface area contributed by atoms with Crippen molar-refractivity contribution in [3.8, 4) is 0 Å². The molecule has 1 aliphatic heterocycles. The van der Waals surface area contributed by atoms with Crippen LogP contribution in [-0.2, 0) is 16.0 Å². The van der Waals surface area contributed by atoms with Crippen LogP contribution in [0.25, 0.3) is 0 Å². The van der Waals surface area contributed by atoms with Gasteiger partial charge in [0.05, 0.1) is 19.1 Å². The van der Waals surface area contributed by atoms with Crippen LogP contribution < -0.4 is 5.32 Å². The van der Waals surface area contributed by atoms with E-state index in [4.69, 9.17) is 9.84 Å². The van der Waals surface area contributed by atoms with Crippen LogP contribution in [0, 0.1) is 0 Å². The van der Waals surface area contributed by atoms with Gasteiger partial charge in [0.2, 0.25) is 0 Å². The van der Waals surface area contributed by atoms with Crippen LogP contribution in [0.3, 0.4) is 0 Å². The summed E-state index contributed by atoms with van der Waals surface area (Å²) in [5, 5.41) is 11.2. The van der Waals surface area contributed by atoms with Crippen LogP contribution in [0.5, 0.6) is 0 Å². The van der Waals surface area contributed by atoms with Gasteiger partial charge in [0.25, 0.3) is 0 Å². The molecule has 1 fully saturated rings. The van der Waals surface area contributed by atoms with Gasteiger partial charge >= 0.3 is 12.0 Å². The van der Waals surface area contributed by atoms with E-state index >= 15 is 0 Å². The zero-order valence-corrected chi connectivity index (χ0v) is 12.5. The summed E-state index contributed by atoms with van der Waals surface area (Å²) >= 11 is 0. The maximum atomic E-state index is 12.0. The summed E-state index contributed by atoms with van der Waals surface area (Å²) in [6.07, 6.45) is 1.75. The number of rotatable bonds is 6. The van der Waals surface area contributed by atoms with E-state index in [9.17, 15) is 9.59 Å². The largest absolute Gasteiger partial charge is 0.481 e. The first-order valence-corrected chi connectivity index (χ1v) is 7.55. The van der Waals surface area contributed by atoms with Crippen LogP contribution in [0.15, 0.2) is 30.3 Å². The summed E-state index contributed by atoms with van der Waals surface area (Å²) in [6.45, 7) is 1.76. The maximum absolute atomic E-state index is 12.0. The lowest BCUT2D eigenvalue weighted by molar-refractivity contribution is -0.136. The van der Waals surface area contributed by atoms with E-state index in [0.717, 1.165) is 12.8 Å². The van der Waals surface area contributed by atoms with E-state index in [-0.39, 0.29) is 25.1 Å². The molecule has 0 saturated carbocycles. The third kappa shape index (κ3) is 5.37. The van der Waals surface area contributed by atoms with Crippen LogP contribution in [0.1, 0.15) is 18.4 Å². The second kappa shape index (κ2) is 8.38. The van der Waals surface area contributed by atoms with Crippen molar-refractivity contribution in [1.29, 1.82) is 0 Å². The number of nitrogens with one attached hydrogen (secondary N) is 1. The number of carbonyl (C=O) groups is 2. The van der Waals surface area contributed by atoms with Crippen molar-refractivity contribution in [2.45, 2.75) is 25.4 Å². The molecule has 0 bridgehead atoms. The molecule has 2 rings (SSSR count). The molecule has 6 nitrogen and oxygen atoms in total. The Morgan fingerprint density at radius 2 is 2.09 bits per heavy atom. The van der Waals surface area contributed by atoms with Crippen molar-refractivity contribution < 1.29 is 19.4 Å². The predicted molar refractivity (Wildman–Crippen MR) is 81.7 cm³/mol. The molecule has 2 N–H and O–H groups in total. The summed E-state index contributed by atoms with van der Waals surface area (Å²) in [4.78, 5) is 24.1. The Morgan fingerprint density at radius 1 is 1.32 bits per heavy atom. The molecule has 120 valence electrons. The zero-order chi connectivity index (χ0) is 15.8. The maximum Gasteiger partial charge on any atom is 0.317 e. The van der Waals surface area contributed by atoms with Crippen LogP contribution in [-0.4, -0.2) is 54.4 Å². The Bertz CT molecular complexity index is 492. The number of aliphatic carboxylic acids is 1. The molecule has 1 unspecified atom stereocenters. The average Bonchev–Trinajstić information content (AvgIpc) is 2.54. The molecule has 1 atom stereocenters. The van der Waals surface area contributed by atoms with E-state index in [1.165, 1.54) is 5.56 Å². The molecule has 1 aromatic rings. The Labute approximate surface area is 130 Å². The first-order chi connectivity index (χ1) is 10.6. The highest BCUT2D eigenvalue weighted by atomic mass is 16.5. The summed E-state index contributed by atoms with van der Waals surface area (Å²) in [5.41, 5.74) is 1.26. The predicted octanol–water partition coefficient (Wildman–Crippen LogP) is 1.50. The number of hydrogen-bond donors (Lipinski definition) is 2. The van der Waals surface area contributed by atoms with Crippen molar-refractivity contribution in [3.05, 3.63) is 35.9 Å². The van der Waals surface area contributed by atoms with Crippen LogP contribution in [0.4, 0.5) is 4.79 Å². The number of benzene rings is 1. The molecule has 1 aliphatic rings. The van der Waals surface area contributed by atoms with Crippen LogP contribution in [0.2, 0.25) is 0 Å². The standard InChI is InChI=1S/C16H22N2O4/c19-15(20)8-9-17-16(21)18-10-11-22-14(12-18)7-6-13-4-2-1-3-5-13/h1-5,14H,6-12H2,(H,17,21)(H,19,20). The molecular formula is C16H22N2O4. The summed E-state index contributed by atoms with van der Waals surface area (Å²) in [7, 11) is 0. The van der Waals surface area contributed by atoms with Gasteiger partial charge in [-0.05, 0) is 18.4 Å². The van der Waals surface area contributed by atoms with Gasteiger partial charge in [-0.15, -0.1) is 0 Å². The second-order valence-electron chi connectivity index (χ2n) is 5.34. The monoisotopic (exact) mass is 306 g/mol. The van der Waals surface area contributed by atoms with Gasteiger partial charge in [0.15, 0.2) is 0 Å². The molecule has 0 aromatic heterocycles. The van der Waals surface area contributed by atoms with Gasteiger partial charge in [-0.25, -0.2) is 4.79 Å². The molecule has 1 heterocycles. The quantitative estimate of drug-likeness (QED) is 0.835. The van der Waals surface area contributed by atoms with Crippen molar-refractivity contribution >= 4 is 12.0 Å². The van der Waals surface area contributed by atoms with Crippen molar-refractivity contribution in [3.63, 3.8) is 0 Å². The fourth-order valence-corrected chi connectivity index (χ4v) is 2.44. The highest BCUT2D eigenvalue weighted by molar-refractivity contribution is 5.75. The third-order valence-electron chi connectivity index (χ3n) is 3.64. The van der Waals surface area contributed by atoms with Crippen LogP contribution >= 0.6 is 0 Å². The minimum absolute atomic E-state index is 0.0270. The molecule has 1 saturated heterocycles. The Morgan fingerprint density at radius 3 is 2.82 bits per heavy atom. The molecule has 2 amide bonds. The van der Waals surface area contributed by atoms with Crippen molar-refractivity contribution in [1.82, 2.24) is 10.2 Å². The fraction of sp³-hybridized carbons (Fsp3) is 0.500.